The van der Waals surface area contributed by atoms with Crippen molar-refractivity contribution in [1.29, 1.82) is 0 Å². The molecule has 24 heavy (non-hydrogen) atoms. The van der Waals surface area contributed by atoms with Gasteiger partial charge in [-0.3, -0.25) is 0 Å². The zero-order valence-electron chi connectivity index (χ0n) is 13.5. The minimum Gasteiger partial charge on any atom is -0.449 e. The molecule has 0 aliphatic carbocycles. The van der Waals surface area contributed by atoms with Gasteiger partial charge in [0.15, 0.2) is 0 Å². The largest absolute Gasteiger partial charge is 0.449 e. The number of nitrogens with zero attached hydrogens (tertiary/aromatic N) is 2. The summed E-state index contributed by atoms with van der Waals surface area (Å²) in [5, 5.41) is 0. The third-order valence-electron chi connectivity index (χ3n) is 3.54. The van der Waals surface area contributed by atoms with E-state index >= 15 is 0 Å². The molecule has 0 aliphatic rings. The van der Waals surface area contributed by atoms with Gasteiger partial charge in [-0.1, -0.05) is 60.7 Å². The molecule has 0 atom stereocenters. The van der Waals surface area contributed by atoms with Gasteiger partial charge in [-0.25, -0.2) is 19.9 Å². The van der Waals surface area contributed by atoms with Crippen molar-refractivity contribution in [1.82, 2.24) is 9.66 Å². The smallest absolute Gasteiger partial charge is 0.426 e. The molecule has 122 valence electrons. The molecule has 0 radical (unpaired) electrons. The van der Waals surface area contributed by atoms with Gasteiger partial charge in [-0.05, 0) is 12.5 Å². The first kappa shape index (κ1) is 15.8. The van der Waals surface area contributed by atoms with E-state index in [0.29, 0.717) is 13.0 Å². The normalized spacial score (nSPS) is 10.4. The van der Waals surface area contributed by atoms with Crippen LogP contribution in [-0.4, -0.2) is 22.4 Å². The van der Waals surface area contributed by atoms with Gasteiger partial charge < -0.3 is 4.74 Å². The van der Waals surface area contributed by atoms with E-state index in [1.165, 1.54) is 0 Å². The molecule has 1 N–H and O–H groups in total. The Bertz CT molecular complexity index is 798. The van der Waals surface area contributed by atoms with Crippen LogP contribution in [0.2, 0.25) is 0 Å². The highest BCUT2D eigenvalue weighted by Crippen LogP contribution is 2.19. The molecule has 1 amide bonds. The van der Waals surface area contributed by atoms with Gasteiger partial charge in [0.2, 0.25) is 0 Å². The van der Waals surface area contributed by atoms with Crippen molar-refractivity contribution in [3.05, 3.63) is 78.2 Å². The number of aromatic nitrogens is 2. The van der Waals surface area contributed by atoms with Crippen molar-refractivity contribution < 1.29 is 9.53 Å². The molecular weight excluding hydrogens is 302 g/mol. The number of carbonyl (C=O) groups is 1. The second kappa shape index (κ2) is 7.46. The predicted octanol–water partition coefficient (Wildman–Crippen LogP) is 3.84. The van der Waals surface area contributed by atoms with Crippen molar-refractivity contribution in [2.75, 3.05) is 12.0 Å². The fourth-order valence-electron chi connectivity index (χ4n) is 2.43. The summed E-state index contributed by atoms with van der Waals surface area (Å²) >= 11 is 0. The van der Waals surface area contributed by atoms with E-state index in [9.17, 15) is 4.79 Å². The molecule has 1 heterocycles. The van der Waals surface area contributed by atoms with Crippen molar-refractivity contribution in [3.8, 4) is 11.3 Å². The molecule has 0 spiro atoms. The molecule has 3 rings (SSSR count). The van der Waals surface area contributed by atoms with E-state index in [1.807, 2.05) is 66.9 Å². The Hall–Kier alpha value is -3.08. The summed E-state index contributed by atoms with van der Waals surface area (Å²) in [7, 11) is 0. The lowest BCUT2D eigenvalue weighted by Crippen LogP contribution is -2.25. The van der Waals surface area contributed by atoms with Crippen LogP contribution < -0.4 is 5.43 Å². The quantitative estimate of drug-likeness (QED) is 0.777. The number of rotatable bonds is 5. The second-order valence-electron chi connectivity index (χ2n) is 5.27. The summed E-state index contributed by atoms with van der Waals surface area (Å²) in [5.74, 6) is 0.744. The third-order valence-corrected chi connectivity index (χ3v) is 3.54. The Balaban J connectivity index is 1.92. The minimum atomic E-state index is -0.496. The number of carbonyl (C=O) groups excluding carboxylic acids is 1. The lowest BCUT2D eigenvalue weighted by atomic mass is 10.1. The molecule has 0 aliphatic heterocycles. The molecule has 0 bridgehead atoms. The molecular formula is C19H19N3O2. The van der Waals surface area contributed by atoms with Gasteiger partial charge >= 0.3 is 6.09 Å². The maximum atomic E-state index is 11.8. The van der Waals surface area contributed by atoms with Gasteiger partial charge in [-0.2, -0.15) is 0 Å². The standard InChI is InChI=1S/C19H19N3O2/c1-2-24-19(23)21-22-14-17(16-11-7-4-8-12-16)20-18(22)13-15-9-5-3-6-10-15/h3-12,14H,2,13H2,1H3,(H,21,23). The van der Waals surface area contributed by atoms with Crippen molar-refractivity contribution in [3.63, 3.8) is 0 Å². The molecule has 2 aromatic carbocycles. The topological polar surface area (TPSA) is 56.1 Å². The summed E-state index contributed by atoms with van der Waals surface area (Å²) < 4.78 is 6.60. The first-order chi connectivity index (χ1) is 11.8. The molecule has 0 unspecified atom stereocenters. The highest BCUT2D eigenvalue weighted by Gasteiger charge is 2.12. The minimum absolute atomic E-state index is 0.320. The molecule has 1 aromatic heterocycles. The fourth-order valence-corrected chi connectivity index (χ4v) is 2.43. The summed E-state index contributed by atoms with van der Waals surface area (Å²) in [6, 6.07) is 19.9. The van der Waals surface area contributed by atoms with Crippen LogP contribution in [-0.2, 0) is 11.2 Å². The Labute approximate surface area is 140 Å². The van der Waals surface area contributed by atoms with E-state index in [-0.39, 0.29) is 0 Å². The zero-order valence-corrected chi connectivity index (χ0v) is 13.5. The van der Waals surface area contributed by atoms with Crippen LogP contribution in [0.15, 0.2) is 66.9 Å². The van der Waals surface area contributed by atoms with Gasteiger partial charge in [0, 0.05) is 12.0 Å². The van der Waals surface area contributed by atoms with Gasteiger partial charge in [0.25, 0.3) is 0 Å². The zero-order chi connectivity index (χ0) is 16.8. The summed E-state index contributed by atoms with van der Waals surface area (Å²) in [5.41, 5.74) is 5.64. The Morgan fingerprint density at radius 3 is 2.42 bits per heavy atom. The monoisotopic (exact) mass is 321 g/mol. The van der Waals surface area contributed by atoms with Crippen LogP contribution in [0.5, 0.6) is 0 Å². The molecule has 3 aromatic rings. The lowest BCUT2D eigenvalue weighted by Gasteiger charge is -2.09. The van der Waals surface area contributed by atoms with Crippen LogP contribution in [0.25, 0.3) is 11.3 Å². The molecule has 0 fully saturated rings. The fraction of sp³-hybridized carbons (Fsp3) is 0.158. The number of imidazole rings is 1. The molecule has 5 heteroatoms. The summed E-state index contributed by atoms with van der Waals surface area (Å²) in [6.07, 6.45) is 1.92. The summed E-state index contributed by atoms with van der Waals surface area (Å²) in [4.78, 5) is 16.5. The SMILES string of the molecule is CCOC(=O)Nn1cc(-c2ccccc2)nc1Cc1ccccc1. The maximum absolute atomic E-state index is 11.8. The van der Waals surface area contributed by atoms with E-state index in [1.54, 1.807) is 11.6 Å². The number of benzene rings is 2. The van der Waals surface area contributed by atoms with E-state index in [0.717, 1.165) is 22.6 Å². The highest BCUT2D eigenvalue weighted by atomic mass is 16.5. The van der Waals surface area contributed by atoms with Crippen LogP contribution in [0, 0.1) is 0 Å². The summed E-state index contributed by atoms with van der Waals surface area (Å²) in [6.45, 7) is 2.09. The maximum Gasteiger partial charge on any atom is 0.426 e. The van der Waals surface area contributed by atoms with Crippen molar-refractivity contribution >= 4 is 6.09 Å². The van der Waals surface area contributed by atoms with Crippen LogP contribution in [0.4, 0.5) is 4.79 Å². The van der Waals surface area contributed by atoms with Gasteiger partial charge in [0.1, 0.15) is 5.82 Å². The van der Waals surface area contributed by atoms with Gasteiger partial charge in [0.05, 0.1) is 18.5 Å². The number of hydrogen-bond acceptors (Lipinski definition) is 3. The lowest BCUT2D eigenvalue weighted by molar-refractivity contribution is 0.164. The Kier molecular flexibility index (Phi) is 4.91. The van der Waals surface area contributed by atoms with Crippen LogP contribution in [0.1, 0.15) is 18.3 Å². The number of amides is 1. The molecule has 0 saturated heterocycles. The molecule has 0 saturated carbocycles. The van der Waals surface area contributed by atoms with E-state index in [4.69, 9.17) is 4.74 Å². The average molecular weight is 321 g/mol. The van der Waals surface area contributed by atoms with Gasteiger partial charge in [-0.15, -0.1) is 0 Å². The average Bonchev–Trinajstić information content (AvgIpc) is 2.99. The highest BCUT2D eigenvalue weighted by molar-refractivity contribution is 5.76. The Morgan fingerprint density at radius 2 is 1.75 bits per heavy atom. The van der Waals surface area contributed by atoms with Crippen molar-refractivity contribution in [2.24, 2.45) is 0 Å². The Morgan fingerprint density at radius 1 is 1.08 bits per heavy atom. The van der Waals surface area contributed by atoms with E-state index in [2.05, 4.69) is 10.4 Å². The second-order valence-corrected chi connectivity index (χ2v) is 5.27. The number of hydrogen-bond donors (Lipinski definition) is 1. The van der Waals surface area contributed by atoms with Crippen LogP contribution >= 0.6 is 0 Å². The first-order valence-corrected chi connectivity index (χ1v) is 7.87. The number of ether oxygens (including phenoxy) is 1. The van der Waals surface area contributed by atoms with Crippen LogP contribution in [0.3, 0.4) is 0 Å². The molecule has 5 nitrogen and oxygen atoms in total. The van der Waals surface area contributed by atoms with E-state index < -0.39 is 6.09 Å². The van der Waals surface area contributed by atoms with Crippen molar-refractivity contribution in [2.45, 2.75) is 13.3 Å². The third kappa shape index (κ3) is 3.81. The predicted molar refractivity (Wildman–Crippen MR) is 93.3 cm³/mol. The number of nitrogens with one attached hydrogen (secondary N) is 1. The first-order valence-electron chi connectivity index (χ1n) is 7.87.